The Kier molecular flexibility index (Phi) is 5.50. The highest BCUT2D eigenvalue weighted by Gasteiger charge is 2.20. The van der Waals surface area contributed by atoms with Crippen molar-refractivity contribution in [3.63, 3.8) is 0 Å². The van der Waals surface area contributed by atoms with E-state index in [2.05, 4.69) is 25.1 Å². The molecule has 1 aromatic carbocycles. The predicted octanol–water partition coefficient (Wildman–Crippen LogP) is 2.54. The van der Waals surface area contributed by atoms with Gasteiger partial charge in [0, 0.05) is 54.3 Å². The minimum atomic E-state index is -0.0854. The fourth-order valence-electron chi connectivity index (χ4n) is 2.59. The van der Waals surface area contributed by atoms with Crippen molar-refractivity contribution in [3.05, 3.63) is 46.7 Å². The number of halogens is 2. The second-order valence-electron chi connectivity index (χ2n) is 5.52. The highest BCUT2D eigenvalue weighted by Crippen LogP contribution is 2.22. The van der Waals surface area contributed by atoms with E-state index in [0.717, 1.165) is 32.1 Å². The summed E-state index contributed by atoms with van der Waals surface area (Å²) in [5.41, 5.74) is 0.605. The average Bonchev–Trinajstić information content (AvgIpc) is 2.55. The smallest absolute Gasteiger partial charge is 0.238 e. The van der Waals surface area contributed by atoms with Crippen molar-refractivity contribution in [2.75, 3.05) is 42.9 Å². The van der Waals surface area contributed by atoms with Crippen LogP contribution in [0.15, 0.2) is 36.7 Å². The molecule has 0 saturated carbocycles. The van der Waals surface area contributed by atoms with Gasteiger partial charge >= 0.3 is 0 Å². The molecule has 3 rings (SSSR count). The molecule has 126 valence electrons. The molecule has 0 radical (unpaired) electrons. The second kappa shape index (κ2) is 7.79. The van der Waals surface area contributed by atoms with E-state index in [1.165, 1.54) is 0 Å². The summed E-state index contributed by atoms with van der Waals surface area (Å²) >= 11 is 11.9. The summed E-state index contributed by atoms with van der Waals surface area (Å²) in [6, 6.07) is 6.78. The van der Waals surface area contributed by atoms with Gasteiger partial charge in [-0.25, -0.2) is 9.97 Å². The zero-order chi connectivity index (χ0) is 16.9. The number of benzene rings is 1. The van der Waals surface area contributed by atoms with Crippen molar-refractivity contribution in [2.24, 2.45) is 0 Å². The monoisotopic (exact) mass is 365 g/mol. The van der Waals surface area contributed by atoms with Gasteiger partial charge < -0.3 is 10.2 Å². The van der Waals surface area contributed by atoms with Gasteiger partial charge in [-0.05, 0) is 24.3 Å². The molecule has 1 aliphatic heterocycles. The van der Waals surface area contributed by atoms with Crippen molar-refractivity contribution in [3.8, 4) is 0 Å². The first-order chi connectivity index (χ1) is 11.6. The quantitative estimate of drug-likeness (QED) is 0.901. The first kappa shape index (κ1) is 17.0. The maximum atomic E-state index is 12.2. The van der Waals surface area contributed by atoms with Gasteiger partial charge in [-0.15, -0.1) is 0 Å². The van der Waals surface area contributed by atoms with Crippen LogP contribution in [0.4, 0.5) is 11.6 Å². The Morgan fingerprint density at radius 1 is 1.04 bits per heavy atom. The molecule has 0 spiro atoms. The van der Waals surface area contributed by atoms with Crippen LogP contribution < -0.4 is 10.2 Å². The maximum Gasteiger partial charge on any atom is 0.238 e. The van der Waals surface area contributed by atoms with Crippen LogP contribution in [0.2, 0.25) is 10.0 Å². The van der Waals surface area contributed by atoms with Crippen LogP contribution in [-0.4, -0.2) is 53.5 Å². The van der Waals surface area contributed by atoms with Crippen molar-refractivity contribution in [1.82, 2.24) is 14.9 Å². The van der Waals surface area contributed by atoms with Gasteiger partial charge in [0.25, 0.3) is 0 Å². The van der Waals surface area contributed by atoms with Gasteiger partial charge in [0.1, 0.15) is 0 Å². The highest BCUT2D eigenvalue weighted by atomic mass is 35.5. The largest absolute Gasteiger partial charge is 0.338 e. The second-order valence-corrected chi connectivity index (χ2v) is 6.39. The summed E-state index contributed by atoms with van der Waals surface area (Å²) in [6.45, 7) is 3.47. The van der Waals surface area contributed by atoms with Crippen LogP contribution in [0.5, 0.6) is 0 Å². The lowest BCUT2D eigenvalue weighted by atomic mass is 10.3. The molecule has 0 aliphatic carbocycles. The number of piperazine rings is 1. The zero-order valence-electron chi connectivity index (χ0n) is 13.0. The lowest BCUT2D eigenvalue weighted by Gasteiger charge is -2.34. The third kappa shape index (κ3) is 4.56. The van der Waals surface area contributed by atoms with Gasteiger partial charge in [-0.2, -0.15) is 0 Å². The summed E-state index contributed by atoms with van der Waals surface area (Å²) in [7, 11) is 0. The third-order valence-corrected chi connectivity index (χ3v) is 4.16. The molecule has 8 heteroatoms. The summed E-state index contributed by atoms with van der Waals surface area (Å²) in [5, 5.41) is 3.82. The van der Waals surface area contributed by atoms with Crippen molar-refractivity contribution in [1.29, 1.82) is 0 Å². The molecular formula is C16H17Cl2N5O. The SMILES string of the molecule is O=C(CN1CCN(c2ncccn2)CC1)Nc1cc(Cl)cc(Cl)c1. The number of carbonyl (C=O) groups is 1. The van der Waals surface area contributed by atoms with E-state index in [0.29, 0.717) is 22.3 Å². The Morgan fingerprint density at radius 3 is 2.29 bits per heavy atom. The zero-order valence-corrected chi connectivity index (χ0v) is 14.5. The number of nitrogens with one attached hydrogen (secondary N) is 1. The summed E-state index contributed by atoms with van der Waals surface area (Å²) in [6.07, 6.45) is 3.47. The number of nitrogens with zero attached hydrogens (tertiary/aromatic N) is 4. The maximum absolute atomic E-state index is 12.2. The van der Waals surface area contributed by atoms with Crippen LogP contribution in [-0.2, 0) is 4.79 Å². The number of aromatic nitrogens is 2. The number of carbonyl (C=O) groups excluding carboxylic acids is 1. The van der Waals surface area contributed by atoms with Crippen molar-refractivity contribution in [2.45, 2.75) is 0 Å². The van der Waals surface area contributed by atoms with Crippen LogP contribution in [0.25, 0.3) is 0 Å². The molecule has 1 aliphatic rings. The molecule has 1 N–H and O–H groups in total. The molecule has 0 unspecified atom stereocenters. The van der Waals surface area contributed by atoms with Crippen LogP contribution >= 0.6 is 23.2 Å². The summed E-state index contributed by atoms with van der Waals surface area (Å²) in [5.74, 6) is 0.646. The number of rotatable bonds is 4. The van der Waals surface area contributed by atoms with E-state index >= 15 is 0 Å². The van der Waals surface area contributed by atoms with E-state index in [1.807, 2.05) is 0 Å². The van der Waals surface area contributed by atoms with Gasteiger partial charge in [0.15, 0.2) is 0 Å². The number of anilines is 2. The third-order valence-electron chi connectivity index (χ3n) is 3.72. The van der Waals surface area contributed by atoms with E-state index in [4.69, 9.17) is 23.2 Å². The molecule has 2 heterocycles. The van der Waals surface area contributed by atoms with Gasteiger partial charge in [0.05, 0.1) is 6.54 Å². The first-order valence-corrected chi connectivity index (χ1v) is 8.36. The number of hydrogen-bond donors (Lipinski definition) is 1. The molecule has 6 nitrogen and oxygen atoms in total. The van der Waals surface area contributed by atoms with Crippen LogP contribution in [0.3, 0.4) is 0 Å². The molecule has 1 saturated heterocycles. The van der Waals surface area contributed by atoms with Crippen molar-refractivity contribution < 1.29 is 4.79 Å². The van der Waals surface area contributed by atoms with E-state index in [9.17, 15) is 4.79 Å². The Hall–Kier alpha value is -1.89. The fourth-order valence-corrected chi connectivity index (χ4v) is 3.12. The molecule has 0 atom stereocenters. The molecule has 24 heavy (non-hydrogen) atoms. The molecule has 1 aromatic heterocycles. The molecule has 0 bridgehead atoms. The van der Waals surface area contributed by atoms with E-state index < -0.39 is 0 Å². The molecule has 2 aromatic rings. The lowest BCUT2D eigenvalue weighted by Crippen LogP contribution is -2.49. The Balaban J connectivity index is 1.50. The standard InChI is InChI=1S/C16H17Cl2N5O/c17-12-8-13(18)10-14(9-12)21-15(24)11-22-4-6-23(7-5-22)16-19-2-1-3-20-16/h1-3,8-10H,4-7,11H2,(H,21,24). The topological polar surface area (TPSA) is 61.4 Å². The van der Waals surface area contributed by atoms with Crippen LogP contribution in [0, 0.1) is 0 Å². The Labute approximate surface area is 150 Å². The lowest BCUT2D eigenvalue weighted by molar-refractivity contribution is -0.117. The first-order valence-electron chi connectivity index (χ1n) is 7.60. The van der Waals surface area contributed by atoms with Gasteiger partial charge in [-0.3, -0.25) is 9.69 Å². The molecular weight excluding hydrogens is 349 g/mol. The van der Waals surface area contributed by atoms with E-state index in [1.54, 1.807) is 36.7 Å². The van der Waals surface area contributed by atoms with E-state index in [-0.39, 0.29) is 5.91 Å². The minimum Gasteiger partial charge on any atom is -0.338 e. The molecule has 1 fully saturated rings. The van der Waals surface area contributed by atoms with Crippen LogP contribution in [0.1, 0.15) is 0 Å². The summed E-state index contributed by atoms with van der Waals surface area (Å²) in [4.78, 5) is 24.9. The highest BCUT2D eigenvalue weighted by molar-refractivity contribution is 6.35. The summed E-state index contributed by atoms with van der Waals surface area (Å²) < 4.78 is 0. The predicted molar refractivity (Wildman–Crippen MR) is 95.8 cm³/mol. The minimum absolute atomic E-state index is 0.0854. The molecule has 1 amide bonds. The Bertz CT molecular complexity index is 685. The number of amides is 1. The van der Waals surface area contributed by atoms with Gasteiger partial charge in [0.2, 0.25) is 11.9 Å². The number of hydrogen-bond acceptors (Lipinski definition) is 5. The van der Waals surface area contributed by atoms with Gasteiger partial charge in [-0.1, -0.05) is 23.2 Å². The Morgan fingerprint density at radius 2 is 1.67 bits per heavy atom. The average molecular weight is 366 g/mol. The fraction of sp³-hybridized carbons (Fsp3) is 0.312. The normalized spacial score (nSPS) is 15.3. The van der Waals surface area contributed by atoms with Crippen molar-refractivity contribution >= 4 is 40.7 Å².